The van der Waals surface area contributed by atoms with Crippen LogP contribution in [0.3, 0.4) is 0 Å². The maximum atomic E-state index is 12.2. The normalized spacial score (nSPS) is 13.4. The monoisotopic (exact) mass is 262 g/mol. The van der Waals surface area contributed by atoms with Crippen molar-refractivity contribution in [1.29, 1.82) is 0 Å². The molecule has 0 aliphatic rings. The highest BCUT2D eigenvalue weighted by Gasteiger charge is 2.22. The molecule has 0 aliphatic heterocycles. The van der Waals surface area contributed by atoms with E-state index in [2.05, 4.69) is 10.6 Å². The summed E-state index contributed by atoms with van der Waals surface area (Å²) < 4.78 is 0. The predicted octanol–water partition coefficient (Wildman–Crippen LogP) is 1.82. The first-order valence-electron chi connectivity index (χ1n) is 6.73. The van der Waals surface area contributed by atoms with Crippen LogP contribution in [0, 0.1) is 0 Å². The fourth-order valence-electron chi connectivity index (χ4n) is 1.96. The van der Waals surface area contributed by atoms with Gasteiger partial charge in [0.05, 0.1) is 5.92 Å². The number of rotatable bonds is 6. The SMILES string of the molecule is CCNC(=O)C(C)NC(=O)C(CC)c1ccccc1. The Labute approximate surface area is 114 Å². The summed E-state index contributed by atoms with van der Waals surface area (Å²) in [7, 11) is 0. The Hall–Kier alpha value is -1.84. The van der Waals surface area contributed by atoms with Gasteiger partial charge in [-0.05, 0) is 25.8 Å². The van der Waals surface area contributed by atoms with Crippen LogP contribution in [-0.4, -0.2) is 24.4 Å². The van der Waals surface area contributed by atoms with Gasteiger partial charge in [0.25, 0.3) is 0 Å². The number of nitrogens with one attached hydrogen (secondary N) is 2. The van der Waals surface area contributed by atoms with Gasteiger partial charge in [-0.15, -0.1) is 0 Å². The van der Waals surface area contributed by atoms with Crippen LogP contribution >= 0.6 is 0 Å². The fraction of sp³-hybridized carbons (Fsp3) is 0.467. The third kappa shape index (κ3) is 4.39. The van der Waals surface area contributed by atoms with Crippen molar-refractivity contribution < 1.29 is 9.59 Å². The highest BCUT2D eigenvalue weighted by molar-refractivity contribution is 5.90. The third-order valence-corrected chi connectivity index (χ3v) is 3.03. The summed E-state index contributed by atoms with van der Waals surface area (Å²) in [5, 5.41) is 5.46. The van der Waals surface area contributed by atoms with Gasteiger partial charge >= 0.3 is 0 Å². The molecule has 2 atom stereocenters. The molecule has 0 radical (unpaired) electrons. The summed E-state index contributed by atoms with van der Waals surface area (Å²) in [5.74, 6) is -0.468. The summed E-state index contributed by atoms with van der Waals surface area (Å²) in [5.41, 5.74) is 0.977. The first-order valence-corrected chi connectivity index (χ1v) is 6.73. The van der Waals surface area contributed by atoms with Crippen molar-refractivity contribution in [3.8, 4) is 0 Å². The van der Waals surface area contributed by atoms with E-state index < -0.39 is 6.04 Å². The van der Waals surface area contributed by atoms with Crippen molar-refractivity contribution in [2.24, 2.45) is 0 Å². The number of carbonyl (C=O) groups is 2. The lowest BCUT2D eigenvalue weighted by Crippen LogP contribution is -2.46. The molecule has 2 unspecified atom stereocenters. The van der Waals surface area contributed by atoms with E-state index in [1.165, 1.54) is 0 Å². The zero-order chi connectivity index (χ0) is 14.3. The molecule has 0 fully saturated rings. The summed E-state index contributed by atoms with van der Waals surface area (Å²) in [6.07, 6.45) is 0.706. The summed E-state index contributed by atoms with van der Waals surface area (Å²) in [6, 6.07) is 9.11. The Morgan fingerprint density at radius 1 is 1.11 bits per heavy atom. The Balaban J connectivity index is 2.68. The van der Waals surface area contributed by atoms with Crippen LogP contribution in [0.1, 0.15) is 38.7 Å². The van der Waals surface area contributed by atoms with Crippen LogP contribution in [0.15, 0.2) is 30.3 Å². The minimum atomic E-state index is -0.509. The minimum absolute atomic E-state index is 0.104. The van der Waals surface area contributed by atoms with Gasteiger partial charge in [-0.2, -0.15) is 0 Å². The standard InChI is InChI=1S/C15H22N2O2/c1-4-13(12-9-7-6-8-10-12)15(19)17-11(3)14(18)16-5-2/h6-11,13H,4-5H2,1-3H3,(H,16,18)(H,17,19). The van der Waals surface area contributed by atoms with Gasteiger partial charge < -0.3 is 10.6 Å². The maximum absolute atomic E-state index is 12.2. The molecule has 0 aliphatic carbocycles. The Morgan fingerprint density at radius 2 is 1.74 bits per heavy atom. The van der Waals surface area contributed by atoms with E-state index in [-0.39, 0.29) is 17.7 Å². The lowest BCUT2D eigenvalue weighted by Gasteiger charge is -2.19. The second kappa shape index (κ2) is 7.56. The summed E-state index contributed by atoms with van der Waals surface area (Å²) in [4.78, 5) is 23.8. The molecule has 1 aromatic rings. The van der Waals surface area contributed by atoms with Gasteiger partial charge in [0.2, 0.25) is 11.8 Å². The first kappa shape index (κ1) is 15.2. The molecule has 1 aromatic carbocycles. The highest BCUT2D eigenvalue weighted by Crippen LogP contribution is 2.19. The third-order valence-electron chi connectivity index (χ3n) is 3.03. The van der Waals surface area contributed by atoms with E-state index in [0.29, 0.717) is 13.0 Å². The van der Waals surface area contributed by atoms with Crippen molar-refractivity contribution in [2.75, 3.05) is 6.54 Å². The fourth-order valence-corrected chi connectivity index (χ4v) is 1.96. The van der Waals surface area contributed by atoms with Crippen LogP contribution < -0.4 is 10.6 Å². The van der Waals surface area contributed by atoms with E-state index in [0.717, 1.165) is 5.56 Å². The van der Waals surface area contributed by atoms with Crippen molar-refractivity contribution >= 4 is 11.8 Å². The molecule has 0 saturated heterocycles. The van der Waals surface area contributed by atoms with E-state index in [9.17, 15) is 9.59 Å². The quantitative estimate of drug-likeness (QED) is 0.821. The molecular formula is C15H22N2O2. The lowest BCUT2D eigenvalue weighted by molar-refractivity contribution is -0.129. The average Bonchev–Trinajstić information content (AvgIpc) is 2.41. The number of benzene rings is 1. The minimum Gasteiger partial charge on any atom is -0.355 e. The van der Waals surface area contributed by atoms with Crippen molar-refractivity contribution in [1.82, 2.24) is 10.6 Å². The predicted molar refractivity (Wildman–Crippen MR) is 75.8 cm³/mol. The van der Waals surface area contributed by atoms with Crippen molar-refractivity contribution in [3.63, 3.8) is 0 Å². The molecule has 0 aromatic heterocycles. The zero-order valence-corrected chi connectivity index (χ0v) is 11.8. The molecule has 2 amide bonds. The zero-order valence-electron chi connectivity index (χ0n) is 11.8. The number of likely N-dealkylation sites (N-methyl/N-ethyl adjacent to an activating group) is 1. The molecule has 0 bridgehead atoms. The van der Waals surface area contributed by atoms with E-state index >= 15 is 0 Å². The number of hydrogen-bond donors (Lipinski definition) is 2. The molecule has 104 valence electrons. The maximum Gasteiger partial charge on any atom is 0.242 e. The van der Waals surface area contributed by atoms with Crippen molar-refractivity contribution in [3.05, 3.63) is 35.9 Å². The van der Waals surface area contributed by atoms with Crippen molar-refractivity contribution in [2.45, 2.75) is 39.2 Å². The highest BCUT2D eigenvalue weighted by atomic mass is 16.2. The van der Waals surface area contributed by atoms with Crippen LogP contribution in [0.5, 0.6) is 0 Å². The Kier molecular flexibility index (Phi) is 6.06. The van der Waals surface area contributed by atoms with Crippen LogP contribution in [0.2, 0.25) is 0 Å². The van der Waals surface area contributed by atoms with Gasteiger partial charge in [0, 0.05) is 6.54 Å². The molecule has 0 spiro atoms. The average molecular weight is 262 g/mol. The second-order valence-corrected chi connectivity index (χ2v) is 4.50. The second-order valence-electron chi connectivity index (χ2n) is 4.50. The van der Waals surface area contributed by atoms with Gasteiger partial charge in [0.15, 0.2) is 0 Å². The number of hydrogen-bond acceptors (Lipinski definition) is 2. The van der Waals surface area contributed by atoms with Gasteiger partial charge in [-0.3, -0.25) is 9.59 Å². The molecule has 2 N–H and O–H groups in total. The lowest BCUT2D eigenvalue weighted by atomic mass is 9.95. The van der Waals surface area contributed by atoms with Crippen LogP contribution in [0.4, 0.5) is 0 Å². The first-order chi connectivity index (χ1) is 9.10. The van der Waals surface area contributed by atoms with Gasteiger partial charge in [-0.1, -0.05) is 37.3 Å². The molecule has 4 heteroatoms. The Morgan fingerprint density at radius 3 is 2.26 bits per heavy atom. The Bertz CT molecular complexity index is 417. The topological polar surface area (TPSA) is 58.2 Å². The van der Waals surface area contributed by atoms with Crippen LogP contribution in [0.25, 0.3) is 0 Å². The van der Waals surface area contributed by atoms with E-state index in [1.807, 2.05) is 44.2 Å². The van der Waals surface area contributed by atoms with E-state index in [1.54, 1.807) is 6.92 Å². The number of carbonyl (C=O) groups excluding carboxylic acids is 2. The molecule has 0 heterocycles. The van der Waals surface area contributed by atoms with Gasteiger partial charge in [-0.25, -0.2) is 0 Å². The number of amides is 2. The van der Waals surface area contributed by atoms with Gasteiger partial charge in [0.1, 0.15) is 6.04 Å². The van der Waals surface area contributed by atoms with E-state index in [4.69, 9.17) is 0 Å². The summed E-state index contributed by atoms with van der Waals surface area (Å²) >= 11 is 0. The molecule has 1 rings (SSSR count). The summed E-state index contributed by atoms with van der Waals surface area (Å²) in [6.45, 7) is 6.08. The smallest absolute Gasteiger partial charge is 0.242 e. The molecule has 19 heavy (non-hydrogen) atoms. The molecular weight excluding hydrogens is 240 g/mol. The van der Waals surface area contributed by atoms with Crippen LogP contribution in [-0.2, 0) is 9.59 Å². The molecule has 0 saturated carbocycles. The largest absolute Gasteiger partial charge is 0.355 e. The molecule has 4 nitrogen and oxygen atoms in total.